The summed E-state index contributed by atoms with van der Waals surface area (Å²) in [4.78, 5) is 22.1. The molecule has 0 aliphatic heterocycles. The van der Waals surface area contributed by atoms with Crippen LogP contribution in [0.3, 0.4) is 0 Å². The average Bonchev–Trinajstić information content (AvgIpc) is 2.32. The molecule has 19 heavy (non-hydrogen) atoms. The summed E-state index contributed by atoms with van der Waals surface area (Å²) < 4.78 is 27.2. The van der Waals surface area contributed by atoms with Crippen LogP contribution in [0, 0.1) is 17.0 Å². The van der Waals surface area contributed by atoms with E-state index in [9.17, 15) is 23.7 Å². The van der Waals surface area contributed by atoms with E-state index >= 15 is 0 Å². The van der Waals surface area contributed by atoms with Gasteiger partial charge in [0.2, 0.25) is 0 Å². The Bertz CT molecular complexity index is 620. The fourth-order valence-electron chi connectivity index (χ4n) is 2.02. The van der Waals surface area contributed by atoms with E-state index in [-0.39, 0.29) is 24.1 Å². The van der Waals surface area contributed by atoms with Crippen molar-refractivity contribution in [2.45, 2.75) is 32.1 Å². The zero-order valence-corrected chi connectivity index (χ0v) is 10.2. The van der Waals surface area contributed by atoms with Crippen LogP contribution >= 0.6 is 0 Å². The van der Waals surface area contributed by atoms with Gasteiger partial charge in [-0.15, -0.1) is 0 Å². The normalized spacial score (nSPS) is 17.9. The predicted molar refractivity (Wildman–Crippen MR) is 65.2 cm³/mol. The third kappa shape index (κ3) is 2.69. The maximum Gasteiger partial charge on any atom is 0.286 e. The largest absolute Gasteiger partial charge is 0.286 e. The van der Waals surface area contributed by atoms with Crippen molar-refractivity contribution in [1.82, 2.24) is 4.57 Å². The first-order valence-electron chi connectivity index (χ1n) is 5.75. The minimum Gasteiger partial charge on any atom is -0.281 e. The molecule has 7 heteroatoms. The SMILES string of the molecule is Cc1cc([N+](=O)[O-])cn(C2=CCC(F)(F)CC2)c1=O. The lowest BCUT2D eigenvalue weighted by Crippen LogP contribution is -2.26. The van der Waals surface area contributed by atoms with Crippen molar-refractivity contribution in [2.24, 2.45) is 0 Å². The van der Waals surface area contributed by atoms with Crippen LogP contribution in [-0.2, 0) is 0 Å². The molecule has 0 amide bonds. The summed E-state index contributed by atoms with van der Waals surface area (Å²) in [6, 6.07) is 1.18. The van der Waals surface area contributed by atoms with Crippen LogP contribution in [-0.4, -0.2) is 15.4 Å². The van der Waals surface area contributed by atoms with Crippen LogP contribution < -0.4 is 5.56 Å². The summed E-state index contributed by atoms with van der Waals surface area (Å²) in [5, 5.41) is 10.8. The van der Waals surface area contributed by atoms with Crippen molar-refractivity contribution < 1.29 is 13.7 Å². The van der Waals surface area contributed by atoms with E-state index in [0.29, 0.717) is 5.70 Å². The van der Waals surface area contributed by atoms with Crippen molar-refractivity contribution in [2.75, 3.05) is 0 Å². The average molecular weight is 270 g/mol. The molecule has 1 heterocycles. The Balaban J connectivity index is 2.49. The molecule has 1 aliphatic rings. The molecule has 5 nitrogen and oxygen atoms in total. The van der Waals surface area contributed by atoms with Crippen molar-refractivity contribution in [3.63, 3.8) is 0 Å². The molecule has 0 saturated carbocycles. The summed E-state index contributed by atoms with van der Waals surface area (Å²) >= 11 is 0. The van der Waals surface area contributed by atoms with Crippen molar-refractivity contribution >= 4 is 11.4 Å². The molecular weight excluding hydrogens is 258 g/mol. The Hall–Kier alpha value is -2.05. The molecule has 0 unspecified atom stereocenters. The number of alkyl halides is 2. The minimum atomic E-state index is -2.76. The summed E-state index contributed by atoms with van der Waals surface area (Å²) in [6.07, 6.45) is 1.58. The fourth-order valence-corrected chi connectivity index (χ4v) is 2.02. The summed E-state index contributed by atoms with van der Waals surface area (Å²) in [5.41, 5.74) is -0.0347. The number of halogens is 2. The minimum absolute atomic E-state index is 0.0213. The quantitative estimate of drug-likeness (QED) is 0.613. The van der Waals surface area contributed by atoms with Gasteiger partial charge in [0.25, 0.3) is 17.2 Å². The van der Waals surface area contributed by atoms with E-state index < -0.39 is 22.8 Å². The van der Waals surface area contributed by atoms with Gasteiger partial charge in [-0.2, -0.15) is 0 Å². The van der Waals surface area contributed by atoms with E-state index in [0.717, 1.165) is 10.8 Å². The van der Waals surface area contributed by atoms with Gasteiger partial charge in [0.1, 0.15) is 0 Å². The van der Waals surface area contributed by atoms with Gasteiger partial charge < -0.3 is 0 Å². The van der Waals surface area contributed by atoms with E-state index in [1.165, 1.54) is 19.1 Å². The number of aryl methyl sites for hydroxylation is 1. The fraction of sp³-hybridized carbons (Fsp3) is 0.417. The van der Waals surface area contributed by atoms with Gasteiger partial charge in [0.05, 0.1) is 11.1 Å². The summed E-state index contributed by atoms with van der Waals surface area (Å²) in [6.45, 7) is 1.46. The lowest BCUT2D eigenvalue weighted by atomic mass is 10.0. The van der Waals surface area contributed by atoms with Crippen LogP contribution in [0.25, 0.3) is 5.70 Å². The molecule has 1 aliphatic carbocycles. The first kappa shape index (κ1) is 13.4. The van der Waals surface area contributed by atoms with Gasteiger partial charge in [-0.25, -0.2) is 8.78 Å². The summed E-state index contributed by atoms with van der Waals surface area (Å²) in [5.74, 6) is -2.76. The van der Waals surface area contributed by atoms with Crippen LogP contribution in [0.2, 0.25) is 0 Å². The topological polar surface area (TPSA) is 65.1 Å². The van der Waals surface area contributed by atoms with Gasteiger partial charge in [-0.3, -0.25) is 19.5 Å². The molecule has 1 aromatic rings. The molecule has 102 valence electrons. The molecule has 0 atom stereocenters. The van der Waals surface area contributed by atoms with Crippen molar-refractivity contribution in [1.29, 1.82) is 0 Å². The second-order valence-corrected chi connectivity index (χ2v) is 4.57. The number of hydrogen-bond acceptors (Lipinski definition) is 3. The third-order valence-electron chi connectivity index (χ3n) is 3.09. The van der Waals surface area contributed by atoms with Gasteiger partial charge in [-0.1, -0.05) is 6.08 Å². The Labute approximate surface area is 107 Å². The van der Waals surface area contributed by atoms with E-state index in [4.69, 9.17) is 0 Å². The molecular formula is C12H12F2N2O3. The zero-order chi connectivity index (χ0) is 14.2. The maximum atomic E-state index is 13.0. The van der Waals surface area contributed by atoms with Gasteiger partial charge in [-0.05, 0) is 13.3 Å². The second kappa shape index (κ2) is 4.56. The Morgan fingerprint density at radius 2 is 2.16 bits per heavy atom. The van der Waals surface area contributed by atoms with Crippen molar-refractivity contribution in [3.05, 3.63) is 44.4 Å². The Morgan fingerprint density at radius 1 is 1.47 bits per heavy atom. The Morgan fingerprint density at radius 3 is 2.68 bits per heavy atom. The van der Waals surface area contributed by atoms with E-state index in [1.807, 2.05) is 0 Å². The lowest BCUT2D eigenvalue weighted by Gasteiger charge is -2.22. The highest BCUT2D eigenvalue weighted by molar-refractivity contribution is 5.49. The van der Waals surface area contributed by atoms with Crippen LogP contribution in [0.1, 0.15) is 24.8 Å². The number of hydrogen-bond donors (Lipinski definition) is 0. The standard InChI is InChI=1S/C12H12F2N2O3/c1-8-6-10(16(18)19)7-15(11(8)17)9-2-4-12(13,14)5-3-9/h2,6-7H,3-5H2,1H3. The van der Waals surface area contributed by atoms with E-state index in [1.54, 1.807) is 0 Å². The molecule has 0 fully saturated rings. The first-order chi connectivity index (χ1) is 8.80. The molecule has 0 N–H and O–H groups in total. The molecule has 0 saturated heterocycles. The molecule has 1 aromatic heterocycles. The Kier molecular flexibility index (Phi) is 3.21. The first-order valence-corrected chi connectivity index (χ1v) is 5.75. The maximum absolute atomic E-state index is 13.0. The van der Waals surface area contributed by atoms with Crippen LogP contribution in [0.5, 0.6) is 0 Å². The lowest BCUT2D eigenvalue weighted by molar-refractivity contribution is -0.385. The number of nitro groups is 1. The predicted octanol–water partition coefficient (Wildman–Crippen LogP) is 2.73. The van der Waals surface area contributed by atoms with Gasteiger partial charge >= 0.3 is 0 Å². The third-order valence-corrected chi connectivity index (χ3v) is 3.09. The summed E-state index contributed by atoms with van der Waals surface area (Å²) in [7, 11) is 0. The number of rotatable bonds is 2. The molecule has 0 radical (unpaired) electrons. The second-order valence-electron chi connectivity index (χ2n) is 4.57. The number of nitrogens with zero attached hydrogens (tertiary/aromatic N) is 2. The number of pyridine rings is 1. The monoisotopic (exact) mass is 270 g/mol. The highest BCUT2D eigenvalue weighted by Gasteiger charge is 2.31. The number of allylic oxidation sites excluding steroid dienone is 2. The molecule has 2 rings (SSSR count). The highest BCUT2D eigenvalue weighted by atomic mass is 19.3. The zero-order valence-electron chi connectivity index (χ0n) is 10.2. The highest BCUT2D eigenvalue weighted by Crippen LogP contribution is 2.33. The van der Waals surface area contributed by atoms with Crippen LogP contribution in [0.15, 0.2) is 23.1 Å². The number of aromatic nitrogens is 1. The van der Waals surface area contributed by atoms with Gasteiger partial charge in [0, 0.05) is 30.2 Å². The van der Waals surface area contributed by atoms with E-state index in [2.05, 4.69) is 0 Å². The molecule has 0 spiro atoms. The van der Waals surface area contributed by atoms with Crippen LogP contribution in [0.4, 0.5) is 14.5 Å². The van der Waals surface area contributed by atoms with Crippen molar-refractivity contribution in [3.8, 4) is 0 Å². The molecule has 0 aromatic carbocycles. The van der Waals surface area contributed by atoms with Gasteiger partial charge in [0.15, 0.2) is 0 Å². The smallest absolute Gasteiger partial charge is 0.281 e. The molecule has 0 bridgehead atoms.